The zero-order valence-electron chi connectivity index (χ0n) is 13.4. The van der Waals surface area contributed by atoms with E-state index in [0.29, 0.717) is 5.92 Å². The van der Waals surface area contributed by atoms with Gasteiger partial charge in [0.1, 0.15) is 6.04 Å². The Bertz CT molecular complexity index is 743. The number of carbonyl (C=O) groups excluding carboxylic acids is 1. The third kappa shape index (κ3) is 2.32. The summed E-state index contributed by atoms with van der Waals surface area (Å²) in [6.07, 6.45) is 2.99. The predicted molar refractivity (Wildman–Crippen MR) is 96.6 cm³/mol. The Balaban J connectivity index is 1.67. The standard InChI is InChI=1S/C19H20N2OS/c1-20-16-5-3-4-6-17(16)21-12-14(11-18(21)19(20)22)13-7-9-15(23-2)10-8-13/h3-10,14,18H,11-12H2,1-2H3. The second-order valence-corrected chi connectivity index (χ2v) is 7.14. The molecule has 1 saturated heterocycles. The highest BCUT2D eigenvalue weighted by atomic mass is 32.2. The third-order valence-corrected chi connectivity index (χ3v) is 5.80. The van der Waals surface area contributed by atoms with Crippen LogP contribution in [-0.4, -0.2) is 31.8 Å². The summed E-state index contributed by atoms with van der Waals surface area (Å²) in [7, 11) is 1.89. The Labute approximate surface area is 141 Å². The van der Waals surface area contributed by atoms with Crippen molar-refractivity contribution in [1.29, 1.82) is 0 Å². The lowest BCUT2D eigenvalue weighted by Crippen LogP contribution is -2.48. The summed E-state index contributed by atoms with van der Waals surface area (Å²) in [5.41, 5.74) is 3.54. The van der Waals surface area contributed by atoms with Gasteiger partial charge in [-0.2, -0.15) is 0 Å². The number of hydrogen-bond donors (Lipinski definition) is 0. The highest BCUT2D eigenvalue weighted by Gasteiger charge is 2.43. The number of likely N-dealkylation sites (N-methyl/N-ethyl adjacent to an activating group) is 1. The molecule has 2 aromatic rings. The van der Waals surface area contributed by atoms with Crippen molar-refractivity contribution in [1.82, 2.24) is 0 Å². The summed E-state index contributed by atoms with van der Waals surface area (Å²) in [6.45, 7) is 0.917. The Kier molecular flexibility index (Phi) is 3.57. The maximum atomic E-state index is 12.7. The molecule has 0 aromatic heterocycles. The zero-order chi connectivity index (χ0) is 16.0. The first-order chi connectivity index (χ1) is 11.2. The van der Waals surface area contributed by atoms with Crippen LogP contribution < -0.4 is 9.80 Å². The topological polar surface area (TPSA) is 23.6 Å². The van der Waals surface area contributed by atoms with Crippen LogP contribution in [-0.2, 0) is 4.79 Å². The van der Waals surface area contributed by atoms with Gasteiger partial charge in [-0.15, -0.1) is 11.8 Å². The highest BCUT2D eigenvalue weighted by molar-refractivity contribution is 7.98. The number of anilines is 2. The van der Waals surface area contributed by atoms with Crippen LogP contribution in [0.1, 0.15) is 17.9 Å². The molecular formula is C19H20N2OS. The summed E-state index contributed by atoms with van der Waals surface area (Å²) in [5, 5.41) is 0. The van der Waals surface area contributed by atoms with Crippen LogP contribution >= 0.6 is 11.8 Å². The summed E-state index contributed by atoms with van der Waals surface area (Å²) in [5.74, 6) is 0.631. The van der Waals surface area contributed by atoms with E-state index in [1.807, 2.05) is 24.1 Å². The molecule has 2 aromatic carbocycles. The van der Waals surface area contributed by atoms with Crippen LogP contribution in [0.2, 0.25) is 0 Å². The lowest BCUT2D eigenvalue weighted by Gasteiger charge is -2.37. The molecule has 23 heavy (non-hydrogen) atoms. The predicted octanol–water partition coefficient (Wildman–Crippen LogP) is 3.75. The molecule has 2 atom stereocenters. The van der Waals surface area contributed by atoms with E-state index in [4.69, 9.17) is 0 Å². The monoisotopic (exact) mass is 324 g/mol. The number of carbonyl (C=O) groups is 1. The number of amides is 1. The molecule has 0 saturated carbocycles. The Morgan fingerprint density at radius 2 is 1.74 bits per heavy atom. The van der Waals surface area contributed by atoms with E-state index in [2.05, 4.69) is 47.6 Å². The molecule has 0 radical (unpaired) electrons. The highest BCUT2D eigenvalue weighted by Crippen LogP contribution is 2.43. The average Bonchev–Trinajstić information content (AvgIpc) is 3.05. The number of para-hydroxylation sites is 2. The third-order valence-electron chi connectivity index (χ3n) is 5.06. The molecule has 118 valence electrons. The van der Waals surface area contributed by atoms with Gasteiger partial charge in [0.05, 0.1) is 11.4 Å². The molecule has 2 aliphatic rings. The van der Waals surface area contributed by atoms with Crippen molar-refractivity contribution >= 4 is 29.0 Å². The lowest BCUT2D eigenvalue weighted by molar-refractivity contribution is -0.119. The Morgan fingerprint density at radius 3 is 2.43 bits per heavy atom. The molecule has 0 spiro atoms. The normalized spacial score (nSPS) is 23.0. The number of fused-ring (bicyclic) bond motifs is 3. The second kappa shape index (κ2) is 5.60. The molecule has 3 nitrogen and oxygen atoms in total. The van der Waals surface area contributed by atoms with Gasteiger partial charge in [-0.05, 0) is 42.5 Å². The minimum Gasteiger partial charge on any atom is -0.357 e. The minimum atomic E-state index is -0.0277. The molecule has 2 heterocycles. The fourth-order valence-corrected chi connectivity index (χ4v) is 4.20. The largest absolute Gasteiger partial charge is 0.357 e. The lowest BCUT2D eigenvalue weighted by atomic mass is 9.96. The number of nitrogens with zero attached hydrogens (tertiary/aromatic N) is 2. The fraction of sp³-hybridized carbons (Fsp3) is 0.316. The maximum Gasteiger partial charge on any atom is 0.249 e. The van der Waals surface area contributed by atoms with Gasteiger partial charge in [-0.1, -0.05) is 24.3 Å². The van der Waals surface area contributed by atoms with Gasteiger partial charge in [0.25, 0.3) is 0 Å². The molecule has 4 heteroatoms. The van der Waals surface area contributed by atoms with Gasteiger partial charge in [0.15, 0.2) is 0 Å². The van der Waals surface area contributed by atoms with Crippen molar-refractivity contribution in [2.75, 3.05) is 29.6 Å². The van der Waals surface area contributed by atoms with Crippen LogP contribution in [0.4, 0.5) is 11.4 Å². The quantitative estimate of drug-likeness (QED) is 0.786. The van der Waals surface area contributed by atoms with Gasteiger partial charge >= 0.3 is 0 Å². The van der Waals surface area contributed by atoms with Crippen LogP contribution in [0.3, 0.4) is 0 Å². The number of thioether (sulfide) groups is 1. The minimum absolute atomic E-state index is 0.0277. The van der Waals surface area contributed by atoms with E-state index in [9.17, 15) is 4.79 Å². The van der Waals surface area contributed by atoms with Gasteiger partial charge in [0.2, 0.25) is 5.91 Å². The average molecular weight is 324 g/mol. The van der Waals surface area contributed by atoms with Crippen molar-refractivity contribution in [2.45, 2.75) is 23.3 Å². The van der Waals surface area contributed by atoms with Gasteiger partial charge in [-0.25, -0.2) is 0 Å². The fourth-order valence-electron chi connectivity index (χ4n) is 3.79. The van der Waals surface area contributed by atoms with Gasteiger partial charge in [0, 0.05) is 24.4 Å². The van der Waals surface area contributed by atoms with Gasteiger partial charge in [-0.3, -0.25) is 4.79 Å². The Morgan fingerprint density at radius 1 is 1.04 bits per heavy atom. The van der Waals surface area contributed by atoms with Crippen molar-refractivity contribution in [3.05, 3.63) is 54.1 Å². The van der Waals surface area contributed by atoms with E-state index in [0.717, 1.165) is 18.7 Å². The maximum absolute atomic E-state index is 12.7. The second-order valence-electron chi connectivity index (χ2n) is 6.26. The number of rotatable bonds is 2. The summed E-state index contributed by atoms with van der Waals surface area (Å²) in [4.78, 5) is 18.1. The van der Waals surface area contributed by atoms with Crippen LogP contribution in [0.5, 0.6) is 0 Å². The molecule has 1 amide bonds. The van der Waals surface area contributed by atoms with Crippen LogP contribution in [0, 0.1) is 0 Å². The van der Waals surface area contributed by atoms with Crippen molar-refractivity contribution in [3.63, 3.8) is 0 Å². The van der Waals surface area contributed by atoms with E-state index in [1.165, 1.54) is 16.1 Å². The molecule has 2 aliphatic heterocycles. The summed E-state index contributed by atoms with van der Waals surface area (Å²) in [6, 6.07) is 17.0. The van der Waals surface area contributed by atoms with Crippen molar-refractivity contribution in [2.24, 2.45) is 0 Å². The molecular weight excluding hydrogens is 304 g/mol. The molecule has 0 aliphatic carbocycles. The summed E-state index contributed by atoms with van der Waals surface area (Å²) >= 11 is 1.76. The Hall–Kier alpha value is -1.94. The summed E-state index contributed by atoms with van der Waals surface area (Å²) < 4.78 is 0. The SMILES string of the molecule is CSc1ccc(C2CC3C(=O)N(C)c4ccccc4N3C2)cc1. The van der Waals surface area contributed by atoms with Crippen molar-refractivity contribution < 1.29 is 4.79 Å². The van der Waals surface area contributed by atoms with E-state index in [-0.39, 0.29) is 11.9 Å². The zero-order valence-corrected chi connectivity index (χ0v) is 14.2. The molecule has 2 unspecified atom stereocenters. The number of hydrogen-bond acceptors (Lipinski definition) is 3. The first-order valence-electron chi connectivity index (χ1n) is 7.96. The molecule has 1 fully saturated rings. The van der Waals surface area contributed by atoms with Crippen LogP contribution in [0.25, 0.3) is 0 Å². The van der Waals surface area contributed by atoms with E-state index in [1.54, 1.807) is 11.8 Å². The first kappa shape index (κ1) is 14.6. The molecule has 4 rings (SSSR count). The van der Waals surface area contributed by atoms with E-state index < -0.39 is 0 Å². The van der Waals surface area contributed by atoms with Crippen molar-refractivity contribution in [3.8, 4) is 0 Å². The smallest absolute Gasteiger partial charge is 0.249 e. The van der Waals surface area contributed by atoms with Crippen LogP contribution in [0.15, 0.2) is 53.4 Å². The van der Waals surface area contributed by atoms with Gasteiger partial charge < -0.3 is 9.80 Å². The number of benzene rings is 2. The van der Waals surface area contributed by atoms with E-state index >= 15 is 0 Å². The molecule has 0 bridgehead atoms. The first-order valence-corrected chi connectivity index (χ1v) is 9.18. The molecule has 0 N–H and O–H groups in total.